The Hall–Kier alpha value is -1.71. The molecule has 0 N–H and O–H groups in total. The number of imidazole rings is 1. The molecule has 0 spiro atoms. The summed E-state index contributed by atoms with van der Waals surface area (Å²) in [4.78, 5) is 14.0. The van der Waals surface area contributed by atoms with E-state index in [4.69, 9.17) is 11.6 Å². The zero-order valence-corrected chi connectivity index (χ0v) is 14.1. The van der Waals surface area contributed by atoms with Crippen molar-refractivity contribution >= 4 is 27.6 Å². The smallest absolute Gasteiger partial charge is 0.308 e. The van der Waals surface area contributed by atoms with Gasteiger partial charge in [0.2, 0.25) is 5.28 Å². The van der Waals surface area contributed by atoms with E-state index in [0.717, 1.165) is 8.28 Å². The van der Waals surface area contributed by atoms with Crippen molar-refractivity contribution in [2.75, 3.05) is 25.5 Å². The van der Waals surface area contributed by atoms with Gasteiger partial charge in [-0.15, -0.1) is 0 Å². The third kappa shape index (κ3) is 3.54. The number of nitrogens with zero attached hydrogens (tertiary/aromatic N) is 6. The minimum absolute atomic E-state index is 0.164. The summed E-state index contributed by atoms with van der Waals surface area (Å²) in [7, 11) is -0.611. The SMILES string of the molecule is CCN(Cc1cn(S(=O)(=O)N(C)C)cn1)c1ccnc(Cl)n1. The Kier molecular flexibility index (Phi) is 4.99. The van der Waals surface area contributed by atoms with Gasteiger partial charge in [0.1, 0.15) is 12.1 Å². The van der Waals surface area contributed by atoms with Crippen LogP contribution in [-0.2, 0) is 16.8 Å². The first kappa shape index (κ1) is 16.7. The highest BCUT2D eigenvalue weighted by Gasteiger charge is 2.17. The summed E-state index contributed by atoms with van der Waals surface area (Å²) in [6, 6.07) is 1.74. The predicted molar refractivity (Wildman–Crippen MR) is 84.0 cm³/mol. The average molecular weight is 345 g/mol. The van der Waals surface area contributed by atoms with Crippen molar-refractivity contribution in [2.45, 2.75) is 13.5 Å². The largest absolute Gasteiger partial charge is 0.351 e. The Morgan fingerprint density at radius 3 is 2.64 bits per heavy atom. The van der Waals surface area contributed by atoms with Gasteiger partial charge in [0.05, 0.1) is 12.2 Å². The second-order valence-electron chi connectivity index (χ2n) is 4.68. The molecule has 0 aliphatic rings. The van der Waals surface area contributed by atoms with Crippen LogP contribution in [0.15, 0.2) is 24.8 Å². The second kappa shape index (κ2) is 6.59. The Bertz CT molecular complexity index is 746. The number of hydrogen-bond donors (Lipinski definition) is 0. The lowest BCUT2D eigenvalue weighted by atomic mass is 10.4. The molecule has 0 radical (unpaired) electrons. The highest BCUT2D eigenvalue weighted by atomic mass is 35.5. The molecule has 0 fully saturated rings. The van der Waals surface area contributed by atoms with E-state index in [-0.39, 0.29) is 5.28 Å². The Morgan fingerprint density at radius 1 is 1.32 bits per heavy atom. The van der Waals surface area contributed by atoms with Crippen LogP contribution in [0.4, 0.5) is 5.82 Å². The zero-order valence-electron chi connectivity index (χ0n) is 12.5. The molecule has 10 heteroatoms. The van der Waals surface area contributed by atoms with Crippen molar-refractivity contribution < 1.29 is 8.42 Å². The van der Waals surface area contributed by atoms with Crippen LogP contribution in [0.25, 0.3) is 0 Å². The van der Waals surface area contributed by atoms with E-state index in [2.05, 4.69) is 15.0 Å². The summed E-state index contributed by atoms with van der Waals surface area (Å²) in [6.07, 6.45) is 4.34. The van der Waals surface area contributed by atoms with Crippen molar-refractivity contribution in [3.8, 4) is 0 Å². The molecule has 2 heterocycles. The Morgan fingerprint density at radius 2 is 2.05 bits per heavy atom. The van der Waals surface area contributed by atoms with Crippen LogP contribution >= 0.6 is 11.6 Å². The highest BCUT2D eigenvalue weighted by molar-refractivity contribution is 7.87. The number of aromatic nitrogens is 4. The molecule has 0 atom stereocenters. The fraction of sp³-hybridized carbons (Fsp3) is 0.417. The fourth-order valence-electron chi connectivity index (χ4n) is 1.79. The number of halogens is 1. The Balaban J connectivity index is 2.21. The van der Waals surface area contributed by atoms with E-state index in [1.807, 2.05) is 11.8 Å². The van der Waals surface area contributed by atoms with Crippen LogP contribution in [0.1, 0.15) is 12.6 Å². The van der Waals surface area contributed by atoms with E-state index in [9.17, 15) is 8.42 Å². The third-order valence-corrected chi connectivity index (χ3v) is 4.85. The third-order valence-electron chi connectivity index (χ3n) is 3.01. The fourth-order valence-corrected chi connectivity index (χ4v) is 2.73. The highest BCUT2D eigenvalue weighted by Crippen LogP contribution is 2.15. The van der Waals surface area contributed by atoms with E-state index < -0.39 is 10.2 Å². The topological polar surface area (TPSA) is 84.2 Å². The molecule has 0 aromatic carbocycles. The normalized spacial score (nSPS) is 11.9. The minimum Gasteiger partial charge on any atom is -0.351 e. The summed E-state index contributed by atoms with van der Waals surface area (Å²) in [5, 5.41) is 0.164. The molecular weight excluding hydrogens is 328 g/mol. The van der Waals surface area contributed by atoms with Crippen LogP contribution in [0.5, 0.6) is 0 Å². The van der Waals surface area contributed by atoms with Gasteiger partial charge in [0.15, 0.2) is 0 Å². The van der Waals surface area contributed by atoms with Crippen LogP contribution < -0.4 is 4.90 Å². The lowest BCUT2D eigenvalue weighted by Gasteiger charge is -2.20. The predicted octanol–water partition coefficient (Wildman–Crippen LogP) is 1.01. The zero-order chi connectivity index (χ0) is 16.3. The van der Waals surface area contributed by atoms with Crippen molar-refractivity contribution in [1.82, 2.24) is 23.2 Å². The summed E-state index contributed by atoms with van der Waals surface area (Å²) in [5.41, 5.74) is 0.613. The monoisotopic (exact) mass is 344 g/mol. The molecule has 2 rings (SSSR count). The van der Waals surface area contributed by atoms with Crippen molar-refractivity contribution in [3.05, 3.63) is 35.8 Å². The minimum atomic E-state index is -3.55. The molecule has 0 aliphatic carbocycles. The van der Waals surface area contributed by atoms with E-state index in [0.29, 0.717) is 24.6 Å². The van der Waals surface area contributed by atoms with Gasteiger partial charge < -0.3 is 4.90 Å². The molecule has 2 aromatic rings. The van der Waals surface area contributed by atoms with Gasteiger partial charge in [-0.05, 0) is 24.6 Å². The lowest BCUT2D eigenvalue weighted by Crippen LogP contribution is -2.28. The summed E-state index contributed by atoms with van der Waals surface area (Å²) < 4.78 is 26.2. The standard InChI is InChI=1S/C12H17ClN6O2S/c1-4-18(11-5-6-14-12(13)16-11)7-10-8-19(9-15-10)22(20,21)17(2)3/h5-6,8-9H,4,7H2,1-3H3. The number of rotatable bonds is 6. The molecular formula is C12H17ClN6O2S. The van der Waals surface area contributed by atoms with E-state index >= 15 is 0 Å². The van der Waals surface area contributed by atoms with Crippen molar-refractivity contribution in [1.29, 1.82) is 0 Å². The van der Waals surface area contributed by atoms with Gasteiger partial charge in [-0.2, -0.15) is 12.7 Å². The quantitative estimate of drug-likeness (QED) is 0.727. The molecule has 8 nitrogen and oxygen atoms in total. The van der Waals surface area contributed by atoms with Crippen molar-refractivity contribution in [3.63, 3.8) is 0 Å². The molecule has 22 heavy (non-hydrogen) atoms. The number of hydrogen-bond acceptors (Lipinski definition) is 6. The van der Waals surface area contributed by atoms with Crippen molar-refractivity contribution in [2.24, 2.45) is 0 Å². The first-order valence-corrected chi connectivity index (χ1v) is 8.31. The van der Waals surface area contributed by atoms with Crippen LogP contribution in [-0.4, -0.2) is 52.3 Å². The van der Waals surface area contributed by atoms with E-state index in [1.165, 1.54) is 26.6 Å². The first-order valence-electron chi connectivity index (χ1n) is 6.54. The molecule has 0 aliphatic heterocycles. The van der Waals surface area contributed by atoms with Gasteiger partial charge in [0.25, 0.3) is 0 Å². The summed E-state index contributed by atoms with van der Waals surface area (Å²) >= 11 is 5.79. The number of anilines is 1. The molecule has 0 saturated heterocycles. The summed E-state index contributed by atoms with van der Waals surface area (Å²) in [5.74, 6) is 0.660. The molecule has 0 saturated carbocycles. The lowest BCUT2D eigenvalue weighted by molar-refractivity contribution is 0.510. The maximum Gasteiger partial charge on any atom is 0.308 e. The molecule has 120 valence electrons. The van der Waals surface area contributed by atoms with Gasteiger partial charge in [-0.3, -0.25) is 0 Å². The van der Waals surface area contributed by atoms with Crippen LogP contribution in [0, 0.1) is 0 Å². The Labute approximate surface area is 134 Å². The average Bonchev–Trinajstić information content (AvgIpc) is 2.93. The molecule has 0 amide bonds. The molecule has 0 bridgehead atoms. The van der Waals surface area contributed by atoms with Crippen LogP contribution in [0.3, 0.4) is 0 Å². The van der Waals surface area contributed by atoms with Crippen LogP contribution in [0.2, 0.25) is 5.28 Å². The van der Waals surface area contributed by atoms with Gasteiger partial charge in [-0.25, -0.2) is 18.9 Å². The second-order valence-corrected chi connectivity index (χ2v) is 7.07. The summed E-state index contributed by atoms with van der Waals surface area (Å²) in [6.45, 7) is 3.05. The molecule has 2 aromatic heterocycles. The maximum atomic E-state index is 12.0. The van der Waals surface area contributed by atoms with Gasteiger partial charge >= 0.3 is 10.2 Å². The first-order chi connectivity index (χ1) is 10.3. The maximum absolute atomic E-state index is 12.0. The molecule has 0 unspecified atom stereocenters. The van der Waals surface area contributed by atoms with Gasteiger partial charge in [-0.1, -0.05) is 0 Å². The van der Waals surface area contributed by atoms with E-state index in [1.54, 1.807) is 12.3 Å². The van der Waals surface area contributed by atoms with Gasteiger partial charge in [0, 0.05) is 33.0 Å².